The molecule has 0 aromatic rings. The van der Waals surface area contributed by atoms with E-state index in [4.69, 9.17) is 21.7 Å². The molecule has 6 N–H and O–H groups in total. The van der Waals surface area contributed by atoms with Gasteiger partial charge in [-0.2, -0.15) is 0 Å². The van der Waals surface area contributed by atoms with Gasteiger partial charge in [-0.3, -0.25) is 9.59 Å². The summed E-state index contributed by atoms with van der Waals surface area (Å²) in [5.74, 6) is -5.54. The maximum atomic E-state index is 11.5. The monoisotopic (exact) mass is 348 g/mol. The first kappa shape index (κ1) is 20.4. The van der Waals surface area contributed by atoms with Crippen LogP contribution in [-0.4, -0.2) is 56.3 Å². The van der Waals surface area contributed by atoms with E-state index in [1.807, 2.05) is 0 Å². The second-order valence-corrected chi connectivity index (χ2v) is 6.68. The van der Waals surface area contributed by atoms with Gasteiger partial charge < -0.3 is 21.7 Å². The normalized spacial score (nSPS) is 15.9. The number of ketones is 2. The molecule has 0 unspecified atom stereocenters. The Morgan fingerprint density at radius 1 is 0.864 bits per heavy atom. The topological polar surface area (TPSA) is 161 Å². The van der Waals surface area contributed by atoms with E-state index >= 15 is 0 Å². The van der Waals surface area contributed by atoms with Gasteiger partial charge in [-0.1, -0.05) is 34.7 Å². The van der Waals surface area contributed by atoms with Crippen molar-refractivity contribution in [1.29, 1.82) is 0 Å². The first-order valence-electron chi connectivity index (χ1n) is 5.69. The van der Waals surface area contributed by atoms with Crippen LogP contribution in [0, 0.1) is 0 Å². The highest BCUT2D eigenvalue weighted by Crippen LogP contribution is 2.29. The Kier molecular flexibility index (Phi) is 7.53. The zero-order valence-electron chi connectivity index (χ0n) is 11.5. The SMILES string of the molecule is C=CC(=O)[C@](N)(CSSC[C@](N)(C(=O)O)C(=O)C=C)C(=O)O. The standard InChI is InChI=1S/C12H16N2O6S2/c1-3-7(15)11(13,9(17)18)5-21-22-6-12(14,10(19)20)8(16)4-2/h3-4H,1-2,5-6,13-14H2,(H,17,18)(H,19,20)/t11-,12-/m1/s1. The van der Waals surface area contributed by atoms with Crippen LogP contribution in [0.15, 0.2) is 25.3 Å². The summed E-state index contributed by atoms with van der Waals surface area (Å²) in [5, 5.41) is 18.0. The molecule has 22 heavy (non-hydrogen) atoms. The lowest BCUT2D eigenvalue weighted by atomic mass is 9.98. The van der Waals surface area contributed by atoms with Gasteiger partial charge in [0, 0.05) is 11.5 Å². The molecule has 0 radical (unpaired) electrons. The van der Waals surface area contributed by atoms with Crippen LogP contribution in [0.3, 0.4) is 0 Å². The van der Waals surface area contributed by atoms with Crippen LogP contribution in [0.5, 0.6) is 0 Å². The molecule has 0 spiro atoms. The fourth-order valence-electron chi connectivity index (χ4n) is 1.11. The van der Waals surface area contributed by atoms with E-state index in [0.717, 1.165) is 33.7 Å². The van der Waals surface area contributed by atoms with Gasteiger partial charge in [-0.25, -0.2) is 9.59 Å². The van der Waals surface area contributed by atoms with Crippen molar-refractivity contribution in [1.82, 2.24) is 0 Å². The van der Waals surface area contributed by atoms with Crippen molar-refractivity contribution in [2.24, 2.45) is 11.5 Å². The Morgan fingerprint density at radius 3 is 1.32 bits per heavy atom. The smallest absolute Gasteiger partial charge is 0.332 e. The van der Waals surface area contributed by atoms with E-state index < -0.39 is 34.6 Å². The Bertz CT molecular complexity index is 478. The van der Waals surface area contributed by atoms with Crippen molar-refractivity contribution in [2.45, 2.75) is 11.1 Å². The first-order chi connectivity index (χ1) is 10.1. The lowest BCUT2D eigenvalue weighted by molar-refractivity contribution is -0.147. The number of nitrogens with two attached hydrogens (primary N) is 2. The highest BCUT2D eigenvalue weighted by Gasteiger charge is 2.43. The molecule has 0 aromatic heterocycles. The van der Waals surface area contributed by atoms with E-state index in [2.05, 4.69) is 13.2 Å². The summed E-state index contributed by atoms with van der Waals surface area (Å²) in [6.45, 7) is 6.34. The number of carboxylic acid groups (broad SMARTS) is 2. The van der Waals surface area contributed by atoms with Crippen LogP contribution in [0.1, 0.15) is 0 Å². The number of rotatable bonds is 11. The third kappa shape index (κ3) is 4.44. The molecule has 8 nitrogen and oxygen atoms in total. The molecule has 10 heteroatoms. The molecule has 0 saturated carbocycles. The van der Waals surface area contributed by atoms with E-state index in [0.29, 0.717) is 0 Å². The van der Waals surface area contributed by atoms with Crippen molar-refractivity contribution < 1.29 is 29.4 Å². The molecule has 0 aliphatic carbocycles. The molecule has 0 aromatic carbocycles. The summed E-state index contributed by atoms with van der Waals surface area (Å²) in [5.41, 5.74) is 6.65. The van der Waals surface area contributed by atoms with E-state index in [1.165, 1.54) is 0 Å². The molecule has 122 valence electrons. The molecule has 0 heterocycles. The van der Waals surface area contributed by atoms with Gasteiger partial charge in [0.2, 0.25) is 0 Å². The first-order valence-corrected chi connectivity index (χ1v) is 8.17. The second-order valence-electron chi connectivity index (χ2n) is 4.21. The molecule has 0 rings (SSSR count). The Hall–Kier alpha value is -1.62. The van der Waals surface area contributed by atoms with Gasteiger partial charge in [-0.15, -0.1) is 0 Å². The van der Waals surface area contributed by atoms with Crippen LogP contribution in [0.4, 0.5) is 0 Å². The minimum atomic E-state index is -2.18. The fraction of sp³-hybridized carbons (Fsp3) is 0.333. The summed E-state index contributed by atoms with van der Waals surface area (Å²) in [4.78, 5) is 45.1. The predicted octanol–water partition coefficient (Wildman–Crippen LogP) is -0.558. The lowest BCUT2D eigenvalue weighted by Gasteiger charge is -2.23. The van der Waals surface area contributed by atoms with Crippen molar-refractivity contribution >= 4 is 45.1 Å². The van der Waals surface area contributed by atoms with Gasteiger partial charge in [-0.05, 0) is 12.2 Å². The quantitative estimate of drug-likeness (QED) is 0.165. The highest BCUT2D eigenvalue weighted by atomic mass is 33.1. The van der Waals surface area contributed by atoms with Crippen molar-refractivity contribution in [3.05, 3.63) is 25.3 Å². The Labute approximate surface area is 134 Å². The van der Waals surface area contributed by atoms with Crippen molar-refractivity contribution in [2.75, 3.05) is 11.5 Å². The molecule has 0 amide bonds. The summed E-state index contributed by atoms with van der Waals surface area (Å²) >= 11 is 0. The molecule has 0 aliphatic rings. The summed E-state index contributed by atoms with van der Waals surface area (Å²) in [6, 6.07) is 0. The number of hydrogen-bond donors (Lipinski definition) is 4. The summed E-state index contributed by atoms with van der Waals surface area (Å²) in [6.07, 6.45) is 1.59. The summed E-state index contributed by atoms with van der Waals surface area (Å²) in [7, 11) is 1.63. The zero-order chi connectivity index (χ0) is 17.6. The average Bonchev–Trinajstić information content (AvgIpc) is 2.48. The van der Waals surface area contributed by atoms with Crippen LogP contribution in [-0.2, 0) is 19.2 Å². The van der Waals surface area contributed by atoms with Crippen LogP contribution in [0.25, 0.3) is 0 Å². The van der Waals surface area contributed by atoms with Crippen molar-refractivity contribution in [3.63, 3.8) is 0 Å². The third-order valence-electron chi connectivity index (χ3n) is 2.67. The Morgan fingerprint density at radius 2 is 1.14 bits per heavy atom. The molecule has 0 saturated heterocycles. The number of carbonyl (C=O) groups excluding carboxylic acids is 2. The van der Waals surface area contributed by atoms with Gasteiger partial charge in [0.05, 0.1) is 0 Å². The minimum Gasteiger partial charge on any atom is -0.480 e. The van der Waals surface area contributed by atoms with Crippen LogP contribution in [0.2, 0.25) is 0 Å². The van der Waals surface area contributed by atoms with E-state index in [-0.39, 0.29) is 11.5 Å². The second kappa shape index (κ2) is 8.13. The Balaban J connectivity index is 4.82. The van der Waals surface area contributed by atoms with Gasteiger partial charge in [0.15, 0.2) is 22.6 Å². The molecule has 0 bridgehead atoms. The van der Waals surface area contributed by atoms with Crippen molar-refractivity contribution in [3.8, 4) is 0 Å². The largest absolute Gasteiger partial charge is 0.480 e. The number of aliphatic carboxylic acids is 2. The highest BCUT2D eigenvalue weighted by molar-refractivity contribution is 8.76. The molecule has 0 aliphatic heterocycles. The number of hydrogen-bond acceptors (Lipinski definition) is 8. The van der Waals surface area contributed by atoms with Gasteiger partial charge in [0.25, 0.3) is 0 Å². The number of carbonyl (C=O) groups is 4. The average molecular weight is 348 g/mol. The number of carboxylic acids is 2. The van der Waals surface area contributed by atoms with E-state index in [1.54, 1.807) is 0 Å². The minimum absolute atomic E-state index is 0.351. The third-order valence-corrected chi connectivity index (χ3v) is 5.19. The predicted molar refractivity (Wildman–Crippen MR) is 84.4 cm³/mol. The fourth-order valence-corrected chi connectivity index (χ4v) is 3.80. The molecular weight excluding hydrogens is 332 g/mol. The van der Waals surface area contributed by atoms with Crippen LogP contribution < -0.4 is 11.5 Å². The van der Waals surface area contributed by atoms with Gasteiger partial charge >= 0.3 is 11.9 Å². The molecular formula is C12H16N2O6S2. The van der Waals surface area contributed by atoms with E-state index in [9.17, 15) is 19.2 Å². The maximum Gasteiger partial charge on any atom is 0.332 e. The molecule has 0 fully saturated rings. The molecule has 2 atom stereocenters. The van der Waals surface area contributed by atoms with Gasteiger partial charge in [0.1, 0.15) is 0 Å². The lowest BCUT2D eigenvalue weighted by Crippen LogP contribution is -2.57. The summed E-state index contributed by atoms with van der Waals surface area (Å²) < 4.78 is 0. The zero-order valence-corrected chi connectivity index (χ0v) is 13.1. The van der Waals surface area contributed by atoms with Crippen LogP contribution >= 0.6 is 21.6 Å². The maximum absolute atomic E-state index is 11.5.